The number of unbranched alkanes of at least 4 members (excludes halogenated alkanes) is 3. The fraction of sp³-hybridized carbons (Fsp3) is 0.700. The maximum atomic E-state index is 10.9. The fourth-order valence-corrected chi connectivity index (χ4v) is 1.08. The summed E-state index contributed by atoms with van der Waals surface area (Å²) in [5, 5.41) is 0.692. The molecule has 0 fully saturated rings. The summed E-state index contributed by atoms with van der Waals surface area (Å²) in [4.78, 5) is 10.9. The van der Waals surface area contributed by atoms with E-state index in [1.165, 1.54) is 18.9 Å². The van der Waals surface area contributed by atoms with Crippen molar-refractivity contribution < 1.29 is 9.53 Å². The third kappa shape index (κ3) is 9.61. The molecule has 0 heterocycles. The number of ether oxygens (including phenoxy) is 1. The lowest BCUT2D eigenvalue weighted by Gasteiger charge is -2.00. The minimum absolute atomic E-state index is 0.240. The third-order valence-electron chi connectivity index (χ3n) is 1.59. The SMILES string of the molecule is CCCCCCOC(=O)C=CCBr. The van der Waals surface area contributed by atoms with Gasteiger partial charge in [-0.25, -0.2) is 4.79 Å². The van der Waals surface area contributed by atoms with E-state index in [2.05, 4.69) is 22.9 Å². The highest BCUT2D eigenvalue weighted by molar-refractivity contribution is 9.09. The number of carbonyl (C=O) groups excluding carboxylic acids is 1. The molecule has 0 amide bonds. The first-order valence-corrected chi connectivity index (χ1v) is 5.82. The van der Waals surface area contributed by atoms with E-state index in [0.29, 0.717) is 11.9 Å². The number of hydrogen-bond donors (Lipinski definition) is 0. The van der Waals surface area contributed by atoms with Crippen LogP contribution < -0.4 is 0 Å². The predicted molar refractivity (Wildman–Crippen MR) is 58.0 cm³/mol. The van der Waals surface area contributed by atoms with E-state index in [-0.39, 0.29) is 5.97 Å². The van der Waals surface area contributed by atoms with Crippen molar-refractivity contribution in [2.45, 2.75) is 32.6 Å². The average molecular weight is 249 g/mol. The molecule has 0 saturated heterocycles. The van der Waals surface area contributed by atoms with Gasteiger partial charge in [-0.3, -0.25) is 0 Å². The Bertz CT molecular complexity index is 155. The van der Waals surface area contributed by atoms with Gasteiger partial charge >= 0.3 is 5.97 Å². The molecule has 3 heteroatoms. The first kappa shape index (κ1) is 12.7. The summed E-state index contributed by atoms with van der Waals surface area (Å²) in [6.07, 6.45) is 7.73. The van der Waals surface area contributed by atoms with Crippen molar-refractivity contribution in [2.24, 2.45) is 0 Å². The Morgan fingerprint density at radius 2 is 2.15 bits per heavy atom. The van der Waals surface area contributed by atoms with Gasteiger partial charge in [-0.15, -0.1) is 0 Å². The summed E-state index contributed by atoms with van der Waals surface area (Å²) in [5.41, 5.74) is 0. The van der Waals surface area contributed by atoms with Crippen LogP contribution in [0.2, 0.25) is 0 Å². The van der Waals surface area contributed by atoms with Crippen molar-refractivity contribution in [3.63, 3.8) is 0 Å². The lowest BCUT2D eigenvalue weighted by atomic mass is 10.2. The number of esters is 1. The third-order valence-corrected chi connectivity index (χ3v) is 1.96. The van der Waals surface area contributed by atoms with Gasteiger partial charge in [0, 0.05) is 11.4 Å². The molecule has 0 rings (SSSR count). The Balaban J connectivity index is 3.22. The molecular formula is C10H17BrO2. The Morgan fingerprint density at radius 1 is 1.38 bits per heavy atom. The Hall–Kier alpha value is -0.310. The molecule has 0 atom stereocenters. The minimum atomic E-state index is -0.240. The van der Waals surface area contributed by atoms with Crippen LogP contribution in [-0.4, -0.2) is 17.9 Å². The molecule has 0 unspecified atom stereocenters. The quantitative estimate of drug-likeness (QED) is 0.300. The van der Waals surface area contributed by atoms with E-state index in [9.17, 15) is 4.79 Å². The van der Waals surface area contributed by atoms with Crippen LogP contribution in [0.3, 0.4) is 0 Å². The molecule has 0 radical (unpaired) electrons. The lowest BCUT2D eigenvalue weighted by molar-refractivity contribution is -0.137. The highest BCUT2D eigenvalue weighted by Gasteiger charge is 1.95. The second-order valence-electron chi connectivity index (χ2n) is 2.78. The maximum absolute atomic E-state index is 10.9. The van der Waals surface area contributed by atoms with Gasteiger partial charge in [0.15, 0.2) is 0 Å². The van der Waals surface area contributed by atoms with Gasteiger partial charge < -0.3 is 4.74 Å². The van der Waals surface area contributed by atoms with E-state index in [1.54, 1.807) is 6.08 Å². The topological polar surface area (TPSA) is 26.3 Å². The molecule has 2 nitrogen and oxygen atoms in total. The number of rotatable bonds is 7. The van der Waals surface area contributed by atoms with Gasteiger partial charge in [-0.05, 0) is 6.42 Å². The van der Waals surface area contributed by atoms with E-state index in [4.69, 9.17) is 4.74 Å². The first-order valence-electron chi connectivity index (χ1n) is 4.70. The normalized spacial score (nSPS) is 10.6. The average Bonchev–Trinajstić information content (AvgIpc) is 2.14. The van der Waals surface area contributed by atoms with Gasteiger partial charge in [-0.2, -0.15) is 0 Å². The molecule has 0 saturated carbocycles. The summed E-state index contributed by atoms with van der Waals surface area (Å²) in [5.74, 6) is -0.240. The van der Waals surface area contributed by atoms with Crippen LogP contribution >= 0.6 is 15.9 Å². The number of allylic oxidation sites excluding steroid dienone is 1. The Labute approximate surface area is 88.5 Å². The van der Waals surface area contributed by atoms with E-state index in [1.807, 2.05) is 0 Å². The second kappa shape index (κ2) is 9.78. The van der Waals surface area contributed by atoms with Crippen molar-refractivity contribution in [1.82, 2.24) is 0 Å². The van der Waals surface area contributed by atoms with Gasteiger partial charge in [0.2, 0.25) is 0 Å². The lowest BCUT2D eigenvalue weighted by Crippen LogP contribution is -2.02. The zero-order valence-corrected chi connectivity index (χ0v) is 9.68. The summed E-state index contributed by atoms with van der Waals surface area (Å²) in [6.45, 7) is 2.70. The highest BCUT2D eigenvalue weighted by atomic mass is 79.9. The molecule has 13 heavy (non-hydrogen) atoms. The monoisotopic (exact) mass is 248 g/mol. The van der Waals surface area contributed by atoms with Gasteiger partial charge in [0.05, 0.1) is 6.61 Å². The van der Waals surface area contributed by atoms with Crippen LogP contribution in [0.15, 0.2) is 12.2 Å². The molecule has 0 bridgehead atoms. The highest BCUT2D eigenvalue weighted by Crippen LogP contribution is 1.99. The predicted octanol–water partition coefficient (Wildman–Crippen LogP) is 3.06. The second-order valence-corrected chi connectivity index (χ2v) is 3.43. The summed E-state index contributed by atoms with van der Waals surface area (Å²) < 4.78 is 4.94. The molecule has 0 aromatic carbocycles. The maximum Gasteiger partial charge on any atom is 0.330 e. The smallest absolute Gasteiger partial charge is 0.330 e. The number of hydrogen-bond acceptors (Lipinski definition) is 2. The summed E-state index contributed by atoms with van der Waals surface area (Å²) in [7, 11) is 0. The molecule has 76 valence electrons. The molecule has 0 aliphatic carbocycles. The van der Waals surface area contributed by atoms with Gasteiger partial charge in [-0.1, -0.05) is 48.2 Å². The van der Waals surface area contributed by atoms with Crippen molar-refractivity contribution in [3.8, 4) is 0 Å². The van der Waals surface area contributed by atoms with Crippen LogP contribution in [-0.2, 0) is 9.53 Å². The number of halogens is 1. The van der Waals surface area contributed by atoms with Crippen LogP contribution in [0.1, 0.15) is 32.6 Å². The van der Waals surface area contributed by atoms with Crippen LogP contribution in [0, 0.1) is 0 Å². The van der Waals surface area contributed by atoms with Crippen molar-refractivity contribution in [2.75, 3.05) is 11.9 Å². The van der Waals surface area contributed by atoms with Crippen LogP contribution in [0.4, 0.5) is 0 Å². The Morgan fingerprint density at radius 3 is 2.77 bits per heavy atom. The molecule has 0 aromatic rings. The molecule has 0 aromatic heterocycles. The van der Waals surface area contributed by atoms with E-state index < -0.39 is 0 Å². The molecule has 0 spiro atoms. The Kier molecular flexibility index (Phi) is 9.54. The minimum Gasteiger partial charge on any atom is -0.463 e. The molecular weight excluding hydrogens is 232 g/mol. The number of alkyl halides is 1. The van der Waals surface area contributed by atoms with Crippen molar-refractivity contribution in [3.05, 3.63) is 12.2 Å². The van der Waals surface area contributed by atoms with E-state index in [0.717, 1.165) is 12.8 Å². The van der Waals surface area contributed by atoms with Crippen LogP contribution in [0.5, 0.6) is 0 Å². The number of carbonyl (C=O) groups is 1. The molecule has 0 N–H and O–H groups in total. The zero-order chi connectivity index (χ0) is 9.94. The van der Waals surface area contributed by atoms with Gasteiger partial charge in [0.25, 0.3) is 0 Å². The summed E-state index contributed by atoms with van der Waals surface area (Å²) in [6, 6.07) is 0. The first-order chi connectivity index (χ1) is 6.31. The summed E-state index contributed by atoms with van der Waals surface area (Å²) >= 11 is 3.19. The zero-order valence-electron chi connectivity index (χ0n) is 8.09. The standard InChI is InChI=1S/C10H17BrO2/c1-2-3-4-5-9-13-10(12)7-6-8-11/h6-7H,2-5,8-9H2,1H3. The van der Waals surface area contributed by atoms with Crippen molar-refractivity contribution >= 4 is 21.9 Å². The van der Waals surface area contributed by atoms with Crippen molar-refractivity contribution in [1.29, 1.82) is 0 Å². The van der Waals surface area contributed by atoms with Crippen LogP contribution in [0.25, 0.3) is 0 Å². The fourth-order valence-electron chi connectivity index (χ4n) is 0.890. The molecule has 0 aliphatic rings. The van der Waals surface area contributed by atoms with Gasteiger partial charge in [0.1, 0.15) is 0 Å². The van der Waals surface area contributed by atoms with E-state index >= 15 is 0 Å². The molecule has 0 aliphatic heterocycles. The largest absolute Gasteiger partial charge is 0.463 e.